The summed E-state index contributed by atoms with van der Waals surface area (Å²) in [5.41, 5.74) is -0.0697. The molecule has 202 valence electrons. The molecule has 3 N–H and O–H groups in total. The van der Waals surface area contributed by atoms with Gasteiger partial charge in [0.05, 0.1) is 18.2 Å². The lowest BCUT2D eigenvalue weighted by atomic mass is 10.1. The van der Waals surface area contributed by atoms with Gasteiger partial charge in [0.2, 0.25) is 0 Å². The quantitative estimate of drug-likeness (QED) is 0.473. The van der Waals surface area contributed by atoms with Gasteiger partial charge in [-0.1, -0.05) is 5.16 Å². The highest BCUT2D eigenvalue weighted by atomic mass is 19.4. The third-order valence-electron chi connectivity index (χ3n) is 5.28. The van der Waals surface area contributed by atoms with Gasteiger partial charge >= 0.3 is 12.2 Å². The molecule has 15 heteroatoms. The van der Waals surface area contributed by atoms with E-state index >= 15 is 0 Å². The van der Waals surface area contributed by atoms with E-state index in [1.165, 1.54) is 25.3 Å². The predicted octanol–water partition coefficient (Wildman–Crippen LogP) is 2.17. The predicted molar refractivity (Wildman–Crippen MR) is 122 cm³/mol. The number of amides is 4. The number of nitrogens with one attached hydrogen (secondary N) is 3. The highest BCUT2D eigenvalue weighted by Gasteiger charge is 2.46. The van der Waals surface area contributed by atoms with Crippen LogP contribution in [0.5, 0.6) is 0 Å². The van der Waals surface area contributed by atoms with Crippen molar-refractivity contribution in [3.8, 4) is 0 Å². The standard InChI is InChI=1S/C22H28F3N7O5/c1-11-16(31-37-30-11)18(33)29-17(12(2)36-21(3,4)5)19(34)28-15-8-13(6-7-26-15)9-32-10-14(22(23,24)25)27-20(32)35/h6-8,12,14,17H,9-10H2,1-5H3,(H,27,35)(H,29,33)(H,26,28,34)/t12-,14+,17+/m1/s1. The fourth-order valence-electron chi connectivity index (χ4n) is 3.65. The van der Waals surface area contributed by atoms with E-state index in [9.17, 15) is 27.6 Å². The number of aromatic nitrogens is 3. The number of halogens is 3. The van der Waals surface area contributed by atoms with Gasteiger partial charge in [-0.05, 0) is 57.5 Å². The van der Waals surface area contributed by atoms with E-state index in [2.05, 4.69) is 30.6 Å². The zero-order valence-electron chi connectivity index (χ0n) is 20.8. The molecule has 0 saturated carbocycles. The largest absolute Gasteiger partial charge is 0.410 e. The third-order valence-corrected chi connectivity index (χ3v) is 5.28. The molecule has 3 heterocycles. The second kappa shape index (κ2) is 10.7. The molecule has 0 aliphatic carbocycles. The molecule has 0 aromatic carbocycles. The normalized spacial score (nSPS) is 17.8. The fourth-order valence-corrected chi connectivity index (χ4v) is 3.65. The van der Waals surface area contributed by atoms with Gasteiger partial charge in [0.1, 0.15) is 23.6 Å². The lowest BCUT2D eigenvalue weighted by molar-refractivity contribution is -0.149. The maximum Gasteiger partial charge on any atom is 0.410 e. The van der Waals surface area contributed by atoms with E-state index in [-0.39, 0.29) is 23.8 Å². The van der Waals surface area contributed by atoms with Crippen molar-refractivity contribution in [1.29, 1.82) is 0 Å². The maximum atomic E-state index is 13.2. The van der Waals surface area contributed by atoms with Crippen LogP contribution in [0.1, 0.15) is 49.4 Å². The summed E-state index contributed by atoms with van der Waals surface area (Å²) in [6.45, 7) is 7.81. The lowest BCUT2D eigenvalue weighted by Crippen LogP contribution is -2.52. The van der Waals surface area contributed by atoms with Gasteiger partial charge in [0.15, 0.2) is 5.69 Å². The minimum atomic E-state index is -4.56. The number of hydrogen-bond acceptors (Lipinski definition) is 8. The van der Waals surface area contributed by atoms with Crippen molar-refractivity contribution in [3.63, 3.8) is 0 Å². The van der Waals surface area contributed by atoms with Crippen molar-refractivity contribution >= 4 is 23.7 Å². The van der Waals surface area contributed by atoms with E-state index in [0.29, 0.717) is 5.56 Å². The zero-order chi connectivity index (χ0) is 27.5. The maximum absolute atomic E-state index is 13.2. The SMILES string of the molecule is Cc1nonc1C(=O)N[C@H](C(=O)Nc1cc(CN2C[C@@H](C(F)(F)F)NC2=O)ccn1)[C@@H](C)OC(C)(C)C. The Morgan fingerprint density at radius 2 is 2.00 bits per heavy atom. The van der Waals surface area contributed by atoms with Gasteiger partial charge in [0, 0.05) is 12.7 Å². The molecular formula is C22H28F3N7O5. The average Bonchev–Trinajstić information content (AvgIpc) is 3.36. The molecule has 37 heavy (non-hydrogen) atoms. The number of urea groups is 1. The van der Waals surface area contributed by atoms with Crippen molar-refractivity contribution in [3.05, 3.63) is 35.3 Å². The summed E-state index contributed by atoms with van der Waals surface area (Å²) in [4.78, 5) is 42.9. The van der Waals surface area contributed by atoms with Crippen molar-refractivity contribution < 1.29 is 36.9 Å². The molecule has 0 unspecified atom stereocenters. The highest BCUT2D eigenvalue weighted by Crippen LogP contribution is 2.25. The molecule has 1 aliphatic rings. The number of alkyl halides is 3. The monoisotopic (exact) mass is 527 g/mol. The van der Waals surface area contributed by atoms with Crippen LogP contribution < -0.4 is 16.0 Å². The molecule has 1 saturated heterocycles. The molecule has 4 amide bonds. The summed E-state index contributed by atoms with van der Waals surface area (Å²) >= 11 is 0. The Bertz CT molecular complexity index is 1150. The smallest absolute Gasteiger partial charge is 0.370 e. The number of anilines is 1. The highest BCUT2D eigenvalue weighted by molar-refractivity contribution is 6.00. The van der Waals surface area contributed by atoms with Crippen molar-refractivity contribution in [2.24, 2.45) is 0 Å². The lowest BCUT2D eigenvalue weighted by Gasteiger charge is -2.30. The van der Waals surface area contributed by atoms with E-state index in [1.54, 1.807) is 27.7 Å². The third kappa shape index (κ3) is 7.38. The van der Waals surface area contributed by atoms with Gasteiger partial charge < -0.3 is 25.6 Å². The molecule has 1 aliphatic heterocycles. The number of nitrogens with zero attached hydrogens (tertiary/aromatic N) is 4. The number of aryl methyl sites for hydroxylation is 1. The van der Waals surface area contributed by atoms with Crippen LogP contribution >= 0.6 is 0 Å². The van der Waals surface area contributed by atoms with E-state index in [4.69, 9.17) is 4.74 Å². The Kier molecular flexibility index (Phi) is 8.05. The summed E-state index contributed by atoms with van der Waals surface area (Å²) < 4.78 is 49.3. The van der Waals surface area contributed by atoms with Crippen molar-refractivity contribution in [2.45, 2.75) is 71.1 Å². The summed E-state index contributed by atoms with van der Waals surface area (Å²) in [5, 5.41) is 14.1. The van der Waals surface area contributed by atoms with Crippen LogP contribution in [0.15, 0.2) is 23.0 Å². The molecule has 0 bridgehead atoms. The van der Waals surface area contributed by atoms with Gasteiger partial charge in [-0.15, -0.1) is 0 Å². The van der Waals surface area contributed by atoms with Gasteiger partial charge in [0.25, 0.3) is 11.8 Å². The minimum Gasteiger partial charge on any atom is -0.370 e. The van der Waals surface area contributed by atoms with Crippen LogP contribution in [0.4, 0.5) is 23.8 Å². The topological polar surface area (TPSA) is 152 Å². The van der Waals surface area contributed by atoms with Crippen LogP contribution in [0.3, 0.4) is 0 Å². The number of ether oxygens (including phenoxy) is 1. The van der Waals surface area contributed by atoms with E-state index < -0.39 is 54.4 Å². The first-order chi connectivity index (χ1) is 17.1. The number of carbonyl (C=O) groups is 3. The van der Waals surface area contributed by atoms with Crippen molar-refractivity contribution in [1.82, 2.24) is 30.8 Å². The second-order valence-corrected chi connectivity index (χ2v) is 9.55. The summed E-state index contributed by atoms with van der Waals surface area (Å²) in [6, 6.07) is -1.07. The first-order valence-corrected chi connectivity index (χ1v) is 11.3. The zero-order valence-corrected chi connectivity index (χ0v) is 20.8. The van der Waals surface area contributed by atoms with Crippen LogP contribution in [-0.2, 0) is 16.1 Å². The number of carbonyl (C=O) groups excluding carboxylic acids is 3. The summed E-state index contributed by atoms with van der Waals surface area (Å²) in [5.74, 6) is -1.31. The summed E-state index contributed by atoms with van der Waals surface area (Å²) in [7, 11) is 0. The molecular weight excluding hydrogens is 499 g/mol. The molecule has 3 atom stereocenters. The minimum absolute atomic E-state index is 0.0657. The Balaban J connectivity index is 1.74. The first-order valence-electron chi connectivity index (χ1n) is 11.3. The van der Waals surface area contributed by atoms with Gasteiger partial charge in [-0.25, -0.2) is 14.4 Å². The van der Waals surface area contributed by atoms with Crippen LogP contribution in [0.25, 0.3) is 0 Å². The fraction of sp³-hybridized carbons (Fsp3) is 0.545. The molecule has 3 rings (SSSR count). The van der Waals surface area contributed by atoms with Crippen LogP contribution in [-0.4, -0.2) is 74.6 Å². The van der Waals surface area contributed by atoms with Crippen LogP contribution in [0.2, 0.25) is 0 Å². The summed E-state index contributed by atoms with van der Waals surface area (Å²) in [6.07, 6.45) is -4.01. The van der Waals surface area contributed by atoms with Gasteiger partial charge in [-0.3, -0.25) is 9.59 Å². The number of hydrogen-bond donors (Lipinski definition) is 3. The number of rotatable bonds is 8. The average molecular weight is 528 g/mol. The molecule has 2 aromatic rings. The Morgan fingerprint density at radius 1 is 1.30 bits per heavy atom. The van der Waals surface area contributed by atoms with E-state index in [0.717, 1.165) is 4.90 Å². The Labute approximate surface area is 210 Å². The second-order valence-electron chi connectivity index (χ2n) is 9.55. The van der Waals surface area contributed by atoms with Crippen LogP contribution in [0, 0.1) is 6.92 Å². The molecule has 0 radical (unpaired) electrons. The first kappa shape index (κ1) is 27.8. The van der Waals surface area contributed by atoms with E-state index in [1.807, 2.05) is 5.32 Å². The molecule has 12 nitrogen and oxygen atoms in total. The Hall–Kier alpha value is -3.75. The molecule has 0 spiro atoms. The molecule has 2 aromatic heterocycles. The molecule has 1 fully saturated rings. The van der Waals surface area contributed by atoms with Gasteiger partial charge in [-0.2, -0.15) is 13.2 Å². The number of pyridine rings is 1. The van der Waals surface area contributed by atoms with Crippen molar-refractivity contribution in [2.75, 3.05) is 11.9 Å². The Morgan fingerprint density at radius 3 is 2.57 bits per heavy atom.